The van der Waals surface area contributed by atoms with Gasteiger partial charge >= 0.3 is 0 Å². The second-order valence-electron chi connectivity index (χ2n) is 3.64. The molecule has 0 unspecified atom stereocenters. The summed E-state index contributed by atoms with van der Waals surface area (Å²) in [5, 5.41) is 0. The highest BCUT2D eigenvalue weighted by Crippen LogP contribution is 2.26. The Morgan fingerprint density at radius 1 is 1.22 bits per heavy atom. The van der Waals surface area contributed by atoms with E-state index in [4.69, 9.17) is 15.2 Å². The number of nitrogens with two attached hydrogens (primary N) is 1. The molecule has 0 atom stereocenters. The summed E-state index contributed by atoms with van der Waals surface area (Å²) >= 11 is 0. The highest BCUT2D eigenvalue weighted by molar-refractivity contribution is 5.39. The number of hydrogen-bond donors (Lipinski definition) is 1. The Bertz CT molecular complexity index is 507. The van der Waals surface area contributed by atoms with Crippen molar-refractivity contribution in [3.05, 3.63) is 47.9 Å². The van der Waals surface area contributed by atoms with Crippen LogP contribution in [-0.4, -0.2) is 12.1 Å². The predicted molar refractivity (Wildman–Crippen MR) is 65.2 cm³/mol. The van der Waals surface area contributed by atoms with Crippen molar-refractivity contribution in [3.63, 3.8) is 0 Å². The maximum atomic E-state index is 12.7. The van der Waals surface area contributed by atoms with Crippen LogP contribution in [0.15, 0.2) is 36.5 Å². The molecular weight excluding hydrogens is 235 g/mol. The van der Waals surface area contributed by atoms with Crippen LogP contribution in [0.1, 0.15) is 5.56 Å². The third kappa shape index (κ3) is 2.95. The van der Waals surface area contributed by atoms with E-state index in [1.54, 1.807) is 19.2 Å². The first-order valence-electron chi connectivity index (χ1n) is 5.38. The van der Waals surface area contributed by atoms with Crippen molar-refractivity contribution in [3.8, 4) is 17.4 Å². The highest BCUT2D eigenvalue weighted by Gasteiger charge is 2.04. The summed E-state index contributed by atoms with van der Waals surface area (Å²) in [7, 11) is 1.57. The SMILES string of the molecule is COc1cc(CN)cc(Oc2ccc(F)cn2)c1. The number of hydrogen-bond acceptors (Lipinski definition) is 4. The third-order valence-corrected chi connectivity index (χ3v) is 2.33. The summed E-state index contributed by atoms with van der Waals surface area (Å²) in [6.07, 6.45) is 1.10. The fraction of sp³-hybridized carbons (Fsp3) is 0.154. The first-order valence-corrected chi connectivity index (χ1v) is 5.38. The topological polar surface area (TPSA) is 57.4 Å². The predicted octanol–water partition coefficient (Wildman–Crippen LogP) is 2.48. The van der Waals surface area contributed by atoms with E-state index in [0.717, 1.165) is 11.8 Å². The molecule has 1 aromatic heterocycles. The zero-order valence-corrected chi connectivity index (χ0v) is 9.89. The Kier molecular flexibility index (Phi) is 3.74. The van der Waals surface area contributed by atoms with Gasteiger partial charge in [0.25, 0.3) is 0 Å². The molecule has 2 rings (SSSR count). The number of halogens is 1. The molecule has 0 bridgehead atoms. The normalized spacial score (nSPS) is 10.2. The van der Waals surface area contributed by atoms with E-state index in [-0.39, 0.29) is 0 Å². The molecule has 1 aromatic carbocycles. The molecule has 18 heavy (non-hydrogen) atoms. The van der Waals surface area contributed by atoms with E-state index in [1.807, 2.05) is 6.07 Å². The van der Waals surface area contributed by atoms with Gasteiger partial charge in [-0.3, -0.25) is 0 Å². The van der Waals surface area contributed by atoms with Gasteiger partial charge in [0.05, 0.1) is 13.3 Å². The van der Waals surface area contributed by atoms with Gasteiger partial charge in [-0.05, 0) is 23.8 Å². The second kappa shape index (κ2) is 5.46. The largest absolute Gasteiger partial charge is 0.497 e. The van der Waals surface area contributed by atoms with E-state index < -0.39 is 5.82 Å². The van der Waals surface area contributed by atoms with E-state index in [0.29, 0.717) is 23.9 Å². The number of methoxy groups -OCH3 is 1. The Labute approximate surface area is 104 Å². The van der Waals surface area contributed by atoms with Gasteiger partial charge in [0.15, 0.2) is 0 Å². The van der Waals surface area contributed by atoms with Crippen molar-refractivity contribution in [1.82, 2.24) is 4.98 Å². The van der Waals surface area contributed by atoms with Crippen LogP contribution in [0.4, 0.5) is 4.39 Å². The molecule has 0 aliphatic rings. The lowest BCUT2D eigenvalue weighted by molar-refractivity contribution is 0.406. The van der Waals surface area contributed by atoms with Gasteiger partial charge < -0.3 is 15.2 Å². The van der Waals surface area contributed by atoms with Gasteiger partial charge in [-0.25, -0.2) is 9.37 Å². The number of nitrogens with zero attached hydrogens (tertiary/aromatic N) is 1. The molecule has 0 saturated carbocycles. The van der Waals surface area contributed by atoms with Gasteiger partial charge in [-0.1, -0.05) is 0 Å². The van der Waals surface area contributed by atoms with Crippen molar-refractivity contribution in [2.75, 3.05) is 7.11 Å². The number of aromatic nitrogens is 1. The van der Waals surface area contributed by atoms with Crippen LogP contribution in [0, 0.1) is 5.82 Å². The summed E-state index contributed by atoms with van der Waals surface area (Å²) < 4.78 is 23.4. The van der Waals surface area contributed by atoms with E-state index in [2.05, 4.69) is 4.98 Å². The molecule has 2 aromatic rings. The molecular formula is C13H13FN2O2. The van der Waals surface area contributed by atoms with Crippen molar-refractivity contribution in [2.45, 2.75) is 6.54 Å². The molecule has 0 aliphatic carbocycles. The van der Waals surface area contributed by atoms with Gasteiger partial charge in [-0.2, -0.15) is 0 Å². The molecule has 4 nitrogen and oxygen atoms in total. The standard InChI is InChI=1S/C13H13FN2O2/c1-17-11-4-9(7-15)5-12(6-11)18-13-3-2-10(14)8-16-13/h2-6,8H,7,15H2,1H3. The molecule has 94 valence electrons. The van der Waals surface area contributed by atoms with Crippen LogP contribution in [-0.2, 0) is 6.54 Å². The van der Waals surface area contributed by atoms with Crippen LogP contribution in [0.2, 0.25) is 0 Å². The van der Waals surface area contributed by atoms with Gasteiger partial charge in [-0.15, -0.1) is 0 Å². The Morgan fingerprint density at radius 3 is 2.61 bits per heavy atom. The number of rotatable bonds is 4. The molecule has 5 heteroatoms. The summed E-state index contributed by atoms with van der Waals surface area (Å²) in [5.74, 6) is 1.10. The minimum Gasteiger partial charge on any atom is -0.497 e. The lowest BCUT2D eigenvalue weighted by Gasteiger charge is -2.08. The number of ether oxygens (including phenoxy) is 2. The average Bonchev–Trinajstić information content (AvgIpc) is 2.41. The van der Waals surface area contributed by atoms with Crippen molar-refractivity contribution < 1.29 is 13.9 Å². The first kappa shape index (κ1) is 12.3. The molecule has 0 fully saturated rings. The van der Waals surface area contributed by atoms with Crippen molar-refractivity contribution in [2.24, 2.45) is 5.73 Å². The number of pyridine rings is 1. The van der Waals surface area contributed by atoms with E-state index in [1.165, 1.54) is 12.1 Å². The van der Waals surface area contributed by atoms with Gasteiger partial charge in [0.1, 0.15) is 17.3 Å². The minimum absolute atomic E-state index is 0.313. The summed E-state index contributed by atoms with van der Waals surface area (Å²) in [6.45, 7) is 0.379. The maximum absolute atomic E-state index is 12.7. The Hall–Kier alpha value is -2.14. The van der Waals surface area contributed by atoms with Crippen molar-refractivity contribution >= 4 is 0 Å². The molecule has 0 spiro atoms. The second-order valence-corrected chi connectivity index (χ2v) is 3.64. The lowest BCUT2D eigenvalue weighted by Crippen LogP contribution is -1.98. The molecule has 0 radical (unpaired) electrons. The van der Waals surface area contributed by atoms with E-state index >= 15 is 0 Å². The first-order chi connectivity index (χ1) is 8.71. The Morgan fingerprint density at radius 2 is 2.00 bits per heavy atom. The third-order valence-electron chi connectivity index (χ3n) is 2.33. The van der Waals surface area contributed by atoms with Gasteiger partial charge in [0, 0.05) is 18.7 Å². The fourth-order valence-electron chi connectivity index (χ4n) is 1.47. The summed E-state index contributed by atoms with van der Waals surface area (Å²) in [4.78, 5) is 3.82. The van der Waals surface area contributed by atoms with Gasteiger partial charge in [0.2, 0.25) is 5.88 Å². The average molecular weight is 248 g/mol. The quantitative estimate of drug-likeness (QED) is 0.903. The smallest absolute Gasteiger partial charge is 0.219 e. The number of benzene rings is 1. The molecule has 0 saturated heterocycles. The van der Waals surface area contributed by atoms with Crippen LogP contribution in [0.3, 0.4) is 0 Å². The molecule has 1 heterocycles. The van der Waals surface area contributed by atoms with Crippen molar-refractivity contribution in [1.29, 1.82) is 0 Å². The fourth-order valence-corrected chi connectivity index (χ4v) is 1.47. The molecule has 0 aliphatic heterocycles. The zero-order chi connectivity index (χ0) is 13.0. The summed E-state index contributed by atoms with van der Waals surface area (Å²) in [6, 6.07) is 8.06. The maximum Gasteiger partial charge on any atom is 0.219 e. The highest BCUT2D eigenvalue weighted by atomic mass is 19.1. The van der Waals surface area contributed by atoms with Crippen LogP contribution < -0.4 is 15.2 Å². The molecule has 0 amide bonds. The van der Waals surface area contributed by atoms with E-state index in [9.17, 15) is 4.39 Å². The van der Waals surface area contributed by atoms with Crippen LogP contribution >= 0.6 is 0 Å². The van der Waals surface area contributed by atoms with Crippen LogP contribution in [0.5, 0.6) is 17.4 Å². The lowest BCUT2D eigenvalue weighted by atomic mass is 10.2. The summed E-state index contributed by atoms with van der Waals surface area (Å²) in [5.41, 5.74) is 6.46. The zero-order valence-electron chi connectivity index (χ0n) is 9.89. The Balaban J connectivity index is 2.25. The molecule has 2 N–H and O–H groups in total. The van der Waals surface area contributed by atoms with Crippen LogP contribution in [0.25, 0.3) is 0 Å². The minimum atomic E-state index is -0.407. The monoisotopic (exact) mass is 248 g/mol.